The topological polar surface area (TPSA) is 38.3 Å². The molecular weight excluding hydrogens is 286 g/mol. The van der Waals surface area contributed by atoms with Gasteiger partial charge in [0, 0.05) is 0 Å². The van der Waals surface area contributed by atoms with Gasteiger partial charge in [0.25, 0.3) is 0 Å². The molecule has 21 heavy (non-hydrogen) atoms. The van der Waals surface area contributed by atoms with Crippen LogP contribution in [0.15, 0.2) is 48.5 Å². The van der Waals surface area contributed by atoms with Crippen molar-refractivity contribution >= 4 is 23.3 Å². The molecule has 1 unspecified atom stereocenters. The first-order valence-electron chi connectivity index (χ1n) is 6.83. The average molecular weight is 304 g/mol. The highest BCUT2D eigenvalue weighted by molar-refractivity contribution is 6.33. The second-order valence-electron chi connectivity index (χ2n) is 4.68. The molecule has 1 atom stereocenters. The van der Waals surface area contributed by atoms with Gasteiger partial charge in [-0.3, -0.25) is 0 Å². The number of anilines is 1. The molecule has 3 nitrogen and oxygen atoms in total. The molecule has 0 saturated heterocycles. The molecule has 0 aliphatic heterocycles. The predicted molar refractivity (Wildman–Crippen MR) is 85.7 cm³/mol. The van der Waals surface area contributed by atoms with Crippen LogP contribution in [0.25, 0.3) is 0 Å². The lowest BCUT2D eigenvalue weighted by Gasteiger charge is -2.19. The van der Waals surface area contributed by atoms with Crippen molar-refractivity contribution in [3.05, 3.63) is 64.7 Å². The van der Waals surface area contributed by atoms with Gasteiger partial charge in [-0.25, -0.2) is 4.79 Å². The molecule has 2 aromatic carbocycles. The van der Waals surface area contributed by atoms with Gasteiger partial charge < -0.3 is 10.1 Å². The maximum atomic E-state index is 12.1. The number of hydrogen-bond acceptors (Lipinski definition) is 3. The number of carbonyl (C=O) groups is 1. The van der Waals surface area contributed by atoms with E-state index in [4.69, 9.17) is 16.3 Å². The number of esters is 1. The molecule has 0 fully saturated rings. The normalized spacial score (nSPS) is 11.8. The molecule has 0 heterocycles. The Morgan fingerprint density at radius 2 is 1.86 bits per heavy atom. The van der Waals surface area contributed by atoms with Crippen LogP contribution < -0.4 is 5.32 Å². The summed E-state index contributed by atoms with van der Waals surface area (Å²) in [5.74, 6) is -0.348. The Kier molecular flexibility index (Phi) is 5.23. The SMILES string of the molecule is CCc1ccc(C(Nc2ccccc2Cl)C(=O)OC)cc1. The Morgan fingerprint density at radius 3 is 2.43 bits per heavy atom. The van der Waals surface area contributed by atoms with E-state index < -0.39 is 6.04 Å². The Bertz CT molecular complexity index is 610. The molecule has 0 aliphatic rings. The number of ether oxygens (including phenoxy) is 1. The Labute approximate surface area is 129 Å². The quantitative estimate of drug-likeness (QED) is 0.840. The van der Waals surface area contributed by atoms with Gasteiger partial charge in [0.15, 0.2) is 6.04 Å². The molecule has 0 saturated carbocycles. The number of rotatable bonds is 5. The monoisotopic (exact) mass is 303 g/mol. The first kappa shape index (κ1) is 15.4. The minimum absolute atomic E-state index is 0.348. The van der Waals surface area contributed by atoms with Crippen molar-refractivity contribution < 1.29 is 9.53 Å². The Hall–Kier alpha value is -2.00. The van der Waals surface area contributed by atoms with E-state index in [2.05, 4.69) is 12.2 Å². The number of aryl methyl sites for hydroxylation is 1. The van der Waals surface area contributed by atoms with Crippen LogP contribution in [0.3, 0.4) is 0 Å². The van der Waals surface area contributed by atoms with Gasteiger partial charge in [-0.05, 0) is 29.7 Å². The fourth-order valence-electron chi connectivity index (χ4n) is 2.08. The van der Waals surface area contributed by atoms with Crippen LogP contribution in [-0.4, -0.2) is 13.1 Å². The number of carbonyl (C=O) groups excluding carboxylic acids is 1. The van der Waals surface area contributed by atoms with Crippen LogP contribution in [0.2, 0.25) is 5.02 Å². The van der Waals surface area contributed by atoms with E-state index in [0.717, 1.165) is 12.0 Å². The highest BCUT2D eigenvalue weighted by atomic mass is 35.5. The molecule has 0 aromatic heterocycles. The first-order chi connectivity index (χ1) is 10.2. The highest BCUT2D eigenvalue weighted by Crippen LogP contribution is 2.27. The van der Waals surface area contributed by atoms with Crippen LogP contribution in [0, 0.1) is 0 Å². The standard InChI is InChI=1S/C17H18ClNO2/c1-3-12-8-10-13(11-9-12)16(17(20)21-2)19-15-7-5-4-6-14(15)18/h4-11,16,19H,3H2,1-2H3. The van der Waals surface area contributed by atoms with Crippen LogP contribution in [0.1, 0.15) is 24.1 Å². The zero-order valence-corrected chi connectivity index (χ0v) is 12.9. The number of halogens is 1. The van der Waals surface area contributed by atoms with E-state index >= 15 is 0 Å². The maximum absolute atomic E-state index is 12.1. The van der Waals surface area contributed by atoms with E-state index in [1.54, 1.807) is 6.07 Å². The number of nitrogens with one attached hydrogen (secondary N) is 1. The summed E-state index contributed by atoms with van der Waals surface area (Å²) in [6.45, 7) is 2.09. The van der Waals surface area contributed by atoms with E-state index in [-0.39, 0.29) is 5.97 Å². The van der Waals surface area contributed by atoms with Crippen molar-refractivity contribution in [2.45, 2.75) is 19.4 Å². The molecule has 0 amide bonds. The fraction of sp³-hybridized carbons (Fsp3) is 0.235. The second kappa shape index (κ2) is 7.14. The van der Waals surface area contributed by atoms with Crippen molar-refractivity contribution in [2.75, 3.05) is 12.4 Å². The summed E-state index contributed by atoms with van der Waals surface area (Å²) in [6.07, 6.45) is 0.959. The molecule has 2 rings (SSSR count). The maximum Gasteiger partial charge on any atom is 0.332 e. The lowest BCUT2D eigenvalue weighted by Crippen LogP contribution is -2.22. The third-order valence-corrected chi connectivity index (χ3v) is 3.66. The second-order valence-corrected chi connectivity index (χ2v) is 5.08. The third kappa shape index (κ3) is 3.76. The van der Waals surface area contributed by atoms with Crippen LogP contribution in [0.5, 0.6) is 0 Å². The molecule has 1 N–H and O–H groups in total. The van der Waals surface area contributed by atoms with E-state index in [0.29, 0.717) is 10.7 Å². The summed E-state index contributed by atoms with van der Waals surface area (Å²) in [5, 5.41) is 3.71. The van der Waals surface area contributed by atoms with Crippen molar-refractivity contribution in [1.82, 2.24) is 0 Å². The summed E-state index contributed by atoms with van der Waals surface area (Å²) < 4.78 is 4.89. The van der Waals surface area contributed by atoms with Gasteiger partial charge in [-0.15, -0.1) is 0 Å². The zero-order valence-electron chi connectivity index (χ0n) is 12.1. The first-order valence-corrected chi connectivity index (χ1v) is 7.21. The van der Waals surface area contributed by atoms with E-state index in [1.807, 2.05) is 42.5 Å². The van der Waals surface area contributed by atoms with Gasteiger partial charge in [0.1, 0.15) is 0 Å². The number of hydrogen-bond donors (Lipinski definition) is 1. The number of benzene rings is 2. The third-order valence-electron chi connectivity index (χ3n) is 3.33. The summed E-state index contributed by atoms with van der Waals surface area (Å²) in [4.78, 5) is 12.1. The Morgan fingerprint density at radius 1 is 1.19 bits per heavy atom. The van der Waals surface area contributed by atoms with Crippen LogP contribution >= 0.6 is 11.6 Å². The van der Waals surface area contributed by atoms with Crippen molar-refractivity contribution in [2.24, 2.45) is 0 Å². The highest BCUT2D eigenvalue weighted by Gasteiger charge is 2.21. The smallest absolute Gasteiger partial charge is 0.332 e. The summed E-state index contributed by atoms with van der Waals surface area (Å²) in [5.41, 5.74) is 2.77. The molecule has 0 spiro atoms. The van der Waals surface area contributed by atoms with E-state index in [1.165, 1.54) is 12.7 Å². The molecule has 0 radical (unpaired) electrons. The lowest BCUT2D eigenvalue weighted by atomic mass is 10.0. The molecule has 2 aromatic rings. The average Bonchev–Trinajstić information content (AvgIpc) is 2.53. The predicted octanol–water partition coefficient (Wildman–Crippen LogP) is 4.23. The van der Waals surface area contributed by atoms with Crippen LogP contribution in [0.4, 0.5) is 5.69 Å². The largest absolute Gasteiger partial charge is 0.467 e. The number of para-hydroxylation sites is 1. The number of methoxy groups -OCH3 is 1. The fourth-order valence-corrected chi connectivity index (χ4v) is 2.27. The summed E-state index contributed by atoms with van der Waals surface area (Å²) in [6, 6.07) is 14.6. The van der Waals surface area contributed by atoms with Crippen LogP contribution in [-0.2, 0) is 16.0 Å². The summed E-state index contributed by atoms with van der Waals surface area (Å²) >= 11 is 6.14. The van der Waals surface area contributed by atoms with Gasteiger partial charge >= 0.3 is 5.97 Å². The molecular formula is C17H18ClNO2. The van der Waals surface area contributed by atoms with Gasteiger partial charge in [0.05, 0.1) is 17.8 Å². The Balaban J connectivity index is 2.30. The van der Waals surface area contributed by atoms with Gasteiger partial charge in [-0.2, -0.15) is 0 Å². The minimum Gasteiger partial charge on any atom is -0.467 e. The minimum atomic E-state index is -0.583. The molecule has 4 heteroatoms. The van der Waals surface area contributed by atoms with Crippen molar-refractivity contribution in [3.63, 3.8) is 0 Å². The zero-order chi connectivity index (χ0) is 15.2. The summed E-state index contributed by atoms with van der Waals surface area (Å²) in [7, 11) is 1.38. The molecule has 110 valence electrons. The van der Waals surface area contributed by atoms with Crippen molar-refractivity contribution in [3.8, 4) is 0 Å². The van der Waals surface area contributed by atoms with E-state index in [9.17, 15) is 4.79 Å². The molecule has 0 aliphatic carbocycles. The van der Waals surface area contributed by atoms with Crippen molar-refractivity contribution in [1.29, 1.82) is 0 Å². The lowest BCUT2D eigenvalue weighted by molar-refractivity contribution is -0.141. The van der Waals surface area contributed by atoms with Gasteiger partial charge in [0.2, 0.25) is 0 Å². The van der Waals surface area contributed by atoms with Gasteiger partial charge in [-0.1, -0.05) is 54.9 Å². The molecule has 0 bridgehead atoms.